The monoisotopic (exact) mass is 340 g/mol. The SMILES string of the molecule is O=C(O)[C@H]1O[C@@H](O[C@H]2[C@H](O)[C@@H](CO)O[C@@H]2CO)[C@H](O)[C@@H](O)[C@@H]1O. The zero-order chi connectivity index (χ0) is 17.3. The molecule has 2 fully saturated rings. The number of ether oxygens (including phenoxy) is 3. The number of aliphatic carboxylic acids is 1. The van der Waals surface area contributed by atoms with Crippen LogP contribution in [0.4, 0.5) is 0 Å². The number of hydrogen-bond acceptors (Lipinski definition) is 10. The Kier molecular flexibility index (Phi) is 5.89. The third kappa shape index (κ3) is 3.47. The molecule has 9 atom stereocenters. The van der Waals surface area contributed by atoms with Gasteiger partial charge in [-0.3, -0.25) is 0 Å². The number of rotatable bonds is 5. The molecule has 23 heavy (non-hydrogen) atoms. The molecule has 2 aliphatic rings. The summed E-state index contributed by atoms with van der Waals surface area (Å²) in [5.41, 5.74) is 0. The second-order valence-corrected chi connectivity index (χ2v) is 5.40. The van der Waals surface area contributed by atoms with Crippen molar-refractivity contribution < 1.29 is 54.8 Å². The maximum atomic E-state index is 11.0. The highest BCUT2D eigenvalue weighted by molar-refractivity contribution is 5.73. The van der Waals surface area contributed by atoms with Crippen molar-refractivity contribution in [2.45, 2.75) is 55.1 Å². The average Bonchev–Trinajstić information content (AvgIpc) is 2.83. The Hall–Kier alpha value is -0.890. The quantitative estimate of drug-likeness (QED) is 0.255. The first kappa shape index (κ1) is 18.4. The van der Waals surface area contributed by atoms with E-state index >= 15 is 0 Å². The Labute approximate surface area is 130 Å². The minimum atomic E-state index is -1.87. The van der Waals surface area contributed by atoms with Crippen LogP contribution in [0, 0.1) is 0 Å². The summed E-state index contributed by atoms with van der Waals surface area (Å²) >= 11 is 0. The molecule has 0 spiro atoms. The second kappa shape index (κ2) is 7.34. The van der Waals surface area contributed by atoms with Crippen LogP contribution in [0.3, 0.4) is 0 Å². The summed E-state index contributed by atoms with van der Waals surface area (Å²) in [6.45, 7) is -1.13. The van der Waals surface area contributed by atoms with Crippen LogP contribution >= 0.6 is 0 Å². The van der Waals surface area contributed by atoms with E-state index in [0.717, 1.165) is 0 Å². The Morgan fingerprint density at radius 1 is 0.870 bits per heavy atom. The van der Waals surface area contributed by atoms with Crippen molar-refractivity contribution in [3.8, 4) is 0 Å². The molecule has 0 aromatic carbocycles. The molecule has 0 unspecified atom stereocenters. The van der Waals surface area contributed by atoms with E-state index in [-0.39, 0.29) is 0 Å². The van der Waals surface area contributed by atoms with Crippen molar-refractivity contribution in [2.24, 2.45) is 0 Å². The summed E-state index contributed by atoms with van der Waals surface area (Å²) in [4.78, 5) is 11.0. The van der Waals surface area contributed by atoms with Gasteiger partial charge < -0.3 is 50.0 Å². The van der Waals surface area contributed by atoms with Crippen molar-refractivity contribution in [1.29, 1.82) is 0 Å². The average molecular weight is 340 g/mol. The number of hydrogen-bond donors (Lipinski definition) is 7. The van der Waals surface area contributed by atoms with Crippen LogP contribution in [-0.4, -0.2) is 110 Å². The van der Waals surface area contributed by atoms with Crippen molar-refractivity contribution in [2.75, 3.05) is 13.2 Å². The maximum Gasteiger partial charge on any atom is 0.335 e. The third-order valence-corrected chi connectivity index (χ3v) is 3.90. The molecule has 0 aromatic heterocycles. The molecule has 0 bridgehead atoms. The fourth-order valence-electron chi connectivity index (χ4n) is 2.60. The van der Waals surface area contributed by atoms with Crippen LogP contribution < -0.4 is 0 Å². The Morgan fingerprint density at radius 3 is 2.00 bits per heavy atom. The summed E-state index contributed by atoms with van der Waals surface area (Å²) in [6.07, 6.45) is -13.8. The van der Waals surface area contributed by atoms with Gasteiger partial charge in [0.15, 0.2) is 12.4 Å². The smallest absolute Gasteiger partial charge is 0.335 e. The molecule has 7 N–H and O–H groups in total. The second-order valence-electron chi connectivity index (χ2n) is 5.40. The third-order valence-electron chi connectivity index (χ3n) is 3.90. The minimum Gasteiger partial charge on any atom is -0.479 e. The van der Waals surface area contributed by atoms with Crippen LogP contribution in [-0.2, 0) is 19.0 Å². The van der Waals surface area contributed by atoms with Crippen LogP contribution in [0.1, 0.15) is 0 Å². The summed E-state index contributed by atoms with van der Waals surface area (Å²) in [5, 5.41) is 66.3. The molecule has 0 amide bonds. The number of aliphatic hydroxyl groups excluding tert-OH is 6. The van der Waals surface area contributed by atoms with Gasteiger partial charge in [0.1, 0.15) is 42.7 Å². The molecule has 11 nitrogen and oxygen atoms in total. The predicted molar refractivity (Wildman–Crippen MR) is 68.0 cm³/mol. The molecular weight excluding hydrogens is 320 g/mol. The Bertz CT molecular complexity index is 416. The number of aliphatic hydroxyl groups is 6. The van der Waals surface area contributed by atoms with Gasteiger partial charge in [-0.2, -0.15) is 0 Å². The summed E-state index contributed by atoms with van der Waals surface area (Å²) in [7, 11) is 0. The molecule has 11 heteroatoms. The van der Waals surface area contributed by atoms with E-state index in [4.69, 9.17) is 24.4 Å². The molecule has 0 aliphatic carbocycles. The van der Waals surface area contributed by atoms with Crippen molar-refractivity contribution in [3.63, 3.8) is 0 Å². The van der Waals surface area contributed by atoms with E-state index in [0.29, 0.717) is 0 Å². The number of carbonyl (C=O) groups is 1. The molecule has 2 rings (SSSR count). The first-order valence-electron chi connectivity index (χ1n) is 6.95. The highest BCUT2D eigenvalue weighted by Crippen LogP contribution is 2.29. The standard InChI is InChI=1S/C12H20O11/c13-1-3-5(15)9(4(2-14)21-3)22-12-8(18)6(16)7(17)10(23-12)11(19)20/h3-10,12-18H,1-2H2,(H,19,20)/t3-,4-,5-,6+,7+,8-,9-,10+,12-/m1/s1. The van der Waals surface area contributed by atoms with Gasteiger partial charge in [0.25, 0.3) is 0 Å². The fourth-order valence-corrected chi connectivity index (χ4v) is 2.60. The van der Waals surface area contributed by atoms with Crippen LogP contribution in [0.15, 0.2) is 0 Å². The zero-order valence-electron chi connectivity index (χ0n) is 11.9. The van der Waals surface area contributed by atoms with E-state index < -0.39 is 74.3 Å². The lowest BCUT2D eigenvalue weighted by molar-refractivity contribution is -0.311. The molecule has 0 aromatic rings. The van der Waals surface area contributed by atoms with Crippen molar-refractivity contribution >= 4 is 5.97 Å². The lowest BCUT2D eigenvalue weighted by atomic mass is 9.98. The lowest BCUT2D eigenvalue weighted by Crippen LogP contribution is -2.61. The van der Waals surface area contributed by atoms with E-state index in [9.17, 15) is 30.3 Å². The van der Waals surface area contributed by atoms with Crippen LogP contribution in [0.2, 0.25) is 0 Å². The van der Waals surface area contributed by atoms with Gasteiger partial charge >= 0.3 is 5.97 Å². The van der Waals surface area contributed by atoms with Gasteiger partial charge in [0.05, 0.1) is 13.2 Å². The highest BCUT2D eigenvalue weighted by atomic mass is 16.7. The van der Waals surface area contributed by atoms with Gasteiger partial charge in [-0.05, 0) is 0 Å². The van der Waals surface area contributed by atoms with E-state index in [2.05, 4.69) is 0 Å². The molecule has 0 saturated carbocycles. The zero-order valence-corrected chi connectivity index (χ0v) is 11.9. The molecule has 2 heterocycles. The topological polar surface area (TPSA) is 186 Å². The fraction of sp³-hybridized carbons (Fsp3) is 0.917. The number of carboxylic acid groups (broad SMARTS) is 1. The van der Waals surface area contributed by atoms with Crippen molar-refractivity contribution in [3.05, 3.63) is 0 Å². The molecule has 0 radical (unpaired) electrons. The summed E-state index contributed by atoms with van der Waals surface area (Å²) in [5.74, 6) is -1.58. The summed E-state index contributed by atoms with van der Waals surface area (Å²) < 4.78 is 15.3. The Balaban J connectivity index is 2.12. The van der Waals surface area contributed by atoms with E-state index in [1.54, 1.807) is 0 Å². The maximum absolute atomic E-state index is 11.0. The normalized spacial score (nSPS) is 47.7. The molecule has 2 saturated heterocycles. The van der Waals surface area contributed by atoms with Gasteiger partial charge in [-0.15, -0.1) is 0 Å². The summed E-state index contributed by atoms with van der Waals surface area (Å²) in [6, 6.07) is 0. The highest BCUT2D eigenvalue weighted by Gasteiger charge is 2.51. The minimum absolute atomic E-state index is 0.551. The number of carboxylic acids is 1. The largest absolute Gasteiger partial charge is 0.479 e. The van der Waals surface area contributed by atoms with Crippen LogP contribution in [0.5, 0.6) is 0 Å². The van der Waals surface area contributed by atoms with Gasteiger partial charge in [0, 0.05) is 0 Å². The van der Waals surface area contributed by atoms with Gasteiger partial charge in [0.2, 0.25) is 0 Å². The lowest BCUT2D eigenvalue weighted by Gasteiger charge is -2.40. The first-order chi connectivity index (χ1) is 10.8. The van der Waals surface area contributed by atoms with Gasteiger partial charge in [-0.25, -0.2) is 4.79 Å². The van der Waals surface area contributed by atoms with Crippen LogP contribution in [0.25, 0.3) is 0 Å². The first-order valence-corrected chi connectivity index (χ1v) is 6.95. The van der Waals surface area contributed by atoms with E-state index in [1.165, 1.54) is 0 Å². The molecule has 2 aliphatic heterocycles. The van der Waals surface area contributed by atoms with Gasteiger partial charge in [-0.1, -0.05) is 0 Å². The predicted octanol–water partition coefficient (Wildman–Crippen LogP) is -4.62. The Morgan fingerprint density at radius 2 is 1.48 bits per heavy atom. The molecule has 134 valence electrons. The molecular formula is C12H20O11. The van der Waals surface area contributed by atoms with E-state index in [1.807, 2.05) is 0 Å². The van der Waals surface area contributed by atoms with Crippen molar-refractivity contribution in [1.82, 2.24) is 0 Å².